The average Bonchev–Trinajstić information content (AvgIpc) is 3.09. The summed E-state index contributed by atoms with van der Waals surface area (Å²) in [7, 11) is 0. The molecule has 1 atom stereocenters. The Labute approximate surface area is 160 Å². The van der Waals surface area contributed by atoms with Gasteiger partial charge in [0, 0.05) is 37.5 Å². The molecule has 1 saturated heterocycles. The molecule has 1 aliphatic heterocycles. The van der Waals surface area contributed by atoms with Gasteiger partial charge >= 0.3 is 0 Å². The highest BCUT2D eigenvalue weighted by molar-refractivity contribution is 5.85. The molecule has 0 radical (unpaired) electrons. The predicted octanol–water partition coefficient (Wildman–Crippen LogP) is 3.46. The number of likely N-dealkylation sites (tertiary alicyclic amines) is 1. The molecule has 0 spiro atoms. The van der Waals surface area contributed by atoms with E-state index in [-0.39, 0.29) is 36.8 Å². The molecule has 1 amide bonds. The Kier molecular flexibility index (Phi) is 8.97. The quantitative estimate of drug-likeness (QED) is 0.854. The van der Waals surface area contributed by atoms with Crippen LogP contribution in [0, 0.1) is 0 Å². The van der Waals surface area contributed by atoms with Crippen molar-refractivity contribution in [3.05, 3.63) is 42.4 Å². The van der Waals surface area contributed by atoms with Gasteiger partial charge in [0.1, 0.15) is 0 Å². The van der Waals surface area contributed by atoms with E-state index in [4.69, 9.17) is 10.2 Å². The van der Waals surface area contributed by atoms with Gasteiger partial charge in [0.15, 0.2) is 11.7 Å². The Balaban J connectivity index is 0.00000156. The molecule has 25 heavy (non-hydrogen) atoms. The number of piperidine rings is 1. The number of nitrogens with zero attached hydrogens (tertiary/aromatic N) is 2. The van der Waals surface area contributed by atoms with Crippen molar-refractivity contribution in [2.45, 2.75) is 38.1 Å². The van der Waals surface area contributed by atoms with Crippen LogP contribution in [-0.2, 0) is 11.2 Å². The van der Waals surface area contributed by atoms with Crippen molar-refractivity contribution in [3.8, 4) is 11.3 Å². The van der Waals surface area contributed by atoms with Crippen LogP contribution in [0.15, 0.2) is 40.9 Å². The van der Waals surface area contributed by atoms with E-state index >= 15 is 0 Å². The molecular formula is C18H25Cl2N3O2. The maximum absolute atomic E-state index is 12.4. The molecule has 7 heteroatoms. The standard InChI is InChI=1S/C18H23N3O2.2ClH/c19-12-15-8-4-5-11-21(15)18(22)10-9-17-20-13-16(23-17)14-6-2-1-3-7-14;;/h1-3,6-7,13,15H,4-5,8-12,19H2;2*1H. The van der Waals surface area contributed by atoms with Crippen LogP contribution in [0.5, 0.6) is 0 Å². The minimum absolute atomic E-state index is 0. The minimum Gasteiger partial charge on any atom is -0.441 e. The first-order valence-corrected chi connectivity index (χ1v) is 8.27. The second-order valence-electron chi connectivity index (χ2n) is 5.96. The minimum atomic E-state index is 0. The van der Waals surface area contributed by atoms with Gasteiger partial charge in [-0.25, -0.2) is 4.98 Å². The van der Waals surface area contributed by atoms with Crippen LogP contribution in [0.1, 0.15) is 31.6 Å². The molecule has 1 aromatic carbocycles. The highest BCUT2D eigenvalue weighted by Gasteiger charge is 2.25. The van der Waals surface area contributed by atoms with Crippen LogP contribution in [0.4, 0.5) is 0 Å². The number of nitrogens with two attached hydrogens (primary N) is 1. The molecule has 1 fully saturated rings. The fraction of sp³-hybridized carbons (Fsp3) is 0.444. The van der Waals surface area contributed by atoms with Gasteiger partial charge in [0.05, 0.1) is 6.20 Å². The van der Waals surface area contributed by atoms with Crippen molar-refractivity contribution in [3.63, 3.8) is 0 Å². The van der Waals surface area contributed by atoms with Crippen LogP contribution in [0.3, 0.4) is 0 Å². The van der Waals surface area contributed by atoms with Crippen molar-refractivity contribution in [2.75, 3.05) is 13.1 Å². The zero-order valence-corrected chi connectivity index (χ0v) is 15.7. The topological polar surface area (TPSA) is 72.4 Å². The van der Waals surface area contributed by atoms with E-state index in [1.165, 1.54) is 0 Å². The Morgan fingerprint density at radius 3 is 2.72 bits per heavy atom. The van der Waals surface area contributed by atoms with E-state index < -0.39 is 0 Å². The van der Waals surface area contributed by atoms with E-state index in [1.54, 1.807) is 6.20 Å². The van der Waals surface area contributed by atoms with Gasteiger partial charge in [-0.2, -0.15) is 0 Å². The van der Waals surface area contributed by atoms with Crippen molar-refractivity contribution < 1.29 is 9.21 Å². The van der Waals surface area contributed by atoms with Gasteiger partial charge in [0.25, 0.3) is 0 Å². The highest BCUT2D eigenvalue weighted by Crippen LogP contribution is 2.21. The summed E-state index contributed by atoms with van der Waals surface area (Å²) in [4.78, 5) is 18.6. The summed E-state index contributed by atoms with van der Waals surface area (Å²) in [5.74, 6) is 1.50. The number of halogens is 2. The fourth-order valence-corrected chi connectivity index (χ4v) is 3.09. The number of hydrogen-bond acceptors (Lipinski definition) is 4. The third kappa shape index (κ3) is 5.46. The van der Waals surface area contributed by atoms with Crippen LogP contribution in [0.25, 0.3) is 11.3 Å². The highest BCUT2D eigenvalue weighted by atomic mass is 35.5. The van der Waals surface area contributed by atoms with E-state index in [0.717, 1.165) is 37.1 Å². The van der Waals surface area contributed by atoms with E-state index in [1.807, 2.05) is 35.2 Å². The lowest BCUT2D eigenvalue weighted by Crippen LogP contribution is -2.47. The number of amides is 1. The molecule has 138 valence electrons. The summed E-state index contributed by atoms with van der Waals surface area (Å²) in [5.41, 5.74) is 6.78. The predicted molar refractivity (Wildman–Crippen MR) is 103 cm³/mol. The third-order valence-electron chi connectivity index (χ3n) is 4.38. The summed E-state index contributed by atoms with van der Waals surface area (Å²) in [6.45, 7) is 1.37. The number of rotatable bonds is 5. The number of hydrogen-bond donors (Lipinski definition) is 1. The lowest BCUT2D eigenvalue weighted by molar-refractivity contribution is -0.134. The maximum atomic E-state index is 12.4. The van der Waals surface area contributed by atoms with Crippen LogP contribution < -0.4 is 5.73 Å². The van der Waals surface area contributed by atoms with Crippen molar-refractivity contribution in [1.29, 1.82) is 0 Å². The van der Waals surface area contributed by atoms with E-state index in [0.29, 0.717) is 25.3 Å². The Morgan fingerprint density at radius 1 is 1.24 bits per heavy atom. The monoisotopic (exact) mass is 385 g/mol. The van der Waals surface area contributed by atoms with Gasteiger partial charge in [-0.05, 0) is 19.3 Å². The molecule has 3 rings (SSSR count). The van der Waals surface area contributed by atoms with Gasteiger partial charge < -0.3 is 15.1 Å². The number of aromatic nitrogens is 1. The largest absolute Gasteiger partial charge is 0.441 e. The lowest BCUT2D eigenvalue weighted by atomic mass is 10.0. The molecule has 2 aromatic rings. The van der Waals surface area contributed by atoms with Crippen molar-refractivity contribution in [2.24, 2.45) is 5.73 Å². The van der Waals surface area contributed by atoms with Crippen LogP contribution in [-0.4, -0.2) is 34.9 Å². The second-order valence-corrected chi connectivity index (χ2v) is 5.96. The zero-order valence-electron chi connectivity index (χ0n) is 14.1. The lowest BCUT2D eigenvalue weighted by Gasteiger charge is -2.35. The van der Waals surface area contributed by atoms with Crippen molar-refractivity contribution in [1.82, 2.24) is 9.88 Å². The zero-order chi connectivity index (χ0) is 16.1. The van der Waals surface area contributed by atoms with Crippen LogP contribution >= 0.6 is 24.8 Å². The smallest absolute Gasteiger partial charge is 0.223 e. The fourth-order valence-electron chi connectivity index (χ4n) is 3.09. The summed E-state index contributed by atoms with van der Waals surface area (Å²) < 4.78 is 5.75. The number of oxazole rings is 1. The first-order chi connectivity index (χ1) is 11.3. The second kappa shape index (κ2) is 10.4. The SMILES string of the molecule is Cl.Cl.NCC1CCCCN1C(=O)CCc1ncc(-c2ccccc2)o1. The van der Waals surface area contributed by atoms with Gasteiger partial charge in [-0.15, -0.1) is 24.8 Å². The molecule has 0 aliphatic carbocycles. The third-order valence-corrected chi connectivity index (χ3v) is 4.38. The van der Waals surface area contributed by atoms with Crippen LogP contribution in [0.2, 0.25) is 0 Å². The maximum Gasteiger partial charge on any atom is 0.223 e. The molecule has 1 unspecified atom stereocenters. The van der Waals surface area contributed by atoms with Gasteiger partial charge in [-0.3, -0.25) is 4.79 Å². The molecule has 1 aliphatic rings. The number of benzene rings is 1. The van der Waals surface area contributed by atoms with Gasteiger partial charge in [0.2, 0.25) is 5.91 Å². The molecular weight excluding hydrogens is 361 g/mol. The average molecular weight is 386 g/mol. The summed E-state index contributed by atoms with van der Waals surface area (Å²) in [5, 5.41) is 0. The summed E-state index contributed by atoms with van der Waals surface area (Å²) in [6, 6.07) is 10.0. The normalized spacial score (nSPS) is 16.7. The Bertz CT molecular complexity index is 649. The first kappa shape index (κ1) is 21.5. The molecule has 0 bridgehead atoms. The van der Waals surface area contributed by atoms with Crippen molar-refractivity contribution >= 4 is 30.7 Å². The van der Waals surface area contributed by atoms with E-state index in [9.17, 15) is 4.79 Å². The van der Waals surface area contributed by atoms with E-state index in [2.05, 4.69) is 4.98 Å². The number of carbonyl (C=O) groups is 1. The molecule has 0 saturated carbocycles. The molecule has 1 aromatic heterocycles. The molecule has 2 N–H and O–H groups in total. The van der Waals surface area contributed by atoms with Gasteiger partial charge in [-0.1, -0.05) is 30.3 Å². The first-order valence-electron chi connectivity index (χ1n) is 8.27. The Morgan fingerprint density at radius 2 is 2.00 bits per heavy atom. The molecule has 5 nitrogen and oxygen atoms in total. The summed E-state index contributed by atoms with van der Waals surface area (Å²) >= 11 is 0. The Hall–Kier alpha value is -1.56. The number of carbonyl (C=O) groups excluding carboxylic acids is 1. The number of aryl methyl sites for hydroxylation is 1. The summed E-state index contributed by atoms with van der Waals surface area (Å²) in [6.07, 6.45) is 5.91. The molecule has 2 heterocycles.